The molecule has 0 amide bonds. The summed E-state index contributed by atoms with van der Waals surface area (Å²) in [4.78, 5) is 0. The third-order valence-corrected chi connectivity index (χ3v) is 1.86. The fourth-order valence-electron chi connectivity index (χ4n) is 0.783. The largest absolute Gasteiger partial charge is 0.0807 e. The standard InChI is InChI=1S/C9H10Br/c1-9(2,10)8-6-4-3-5-7-8/h4-7H,1-2H3. The molecule has 0 fully saturated rings. The zero-order valence-electron chi connectivity index (χ0n) is 6.19. The van der Waals surface area contributed by atoms with E-state index in [1.807, 2.05) is 12.1 Å². The molecular formula is C9H10Br. The third-order valence-electron chi connectivity index (χ3n) is 1.40. The van der Waals surface area contributed by atoms with Crippen molar-refractivity contribution in [3.05, 3.63) is 35.9 Å². The van der Waals surface area contributed by atoms with Crippen molar-refractivity contribution < 1.29 is 0 Å². The summed E-state index contributed by atoms with van der Waals surface area (Å²) in [6.45, 7) is 4.25. The molecule has 0 aromatic heterocycles. The maximum Gasteiger partial charge on any atom is 0.0449 e. The average Bonchev–Trinajstić information content (AvgIpc) is 1.88. The first-order chi connectivity index (χ1) is 4.61. The van der Waals surface area contributed by atoms with Crippen molar-refractivity contribution in [2.75, 3.05) is 0 Å². The maximum absolute atomic E-state index is 3.57. The summed E-state index contributed by atoms with van der Waals surface area (Å²) >= 11 is 3.57. The first-order valence-electron chi connectivity index (χ1n) is 3.26. The summed E-state index contributed by atoms with van der Waals surface area (Å²) in [5, 5.41) is 0. The Hall–Kier alpha value is -0.300. The molecule has 53 valence electrons. The maximum atomic E-state index is 3.57. The topological polar surface area (TPSA) is 0 Å². The normalized spacial score (nSPS) is 11.5. The van der Waals surface area contributed by atoms with Gasteiger partial charge < -0.3 is 0 Å². The molecule has 0 saturated heterocycles. The highest BCUT2D eigenvalue weighted by molar-refractivity contribution is 9.09. The van der Waals surface area contributed by atoms with Crippen LogP contribution in [0.2, 0.25) is 0 Å². The number of hydrogen-bond acceptors (Lipinski definition) is 0. The molecule has 0 spiro atoms. The van der Waals surface area contributed by atoms with E-state index < -0.39 is 0 Å². The van der Waals surface area contributed by atoms with Crippen LogP contribution in [0, 0.1) is 6.07 Å². The minimum atomic E-state index is 0.0854. The highest BCUT2D eigenvalue weighted by Gasteiger charge is 2.13. The number of halogens is 1. The van der Waals surface area contributed by atoms with E-state index in [9.17, 15) is 0 Å². The Labute approximate surface area is 70.4 Å². The summed E-state index contributed by atoms with van der Waals surface area (Å²) < 4.78 is 0.0854. The van der Waals surface area contributed by atoms with Crippen LogP contribution in [-0.4, -0.2) is 0 Å². The number of benzene rings is 1. The molecule has 0 bridgehead atoms. The second-order valence-corrected chi connectivity index (χ2v) is 4.74. The van der Waals surface area contributed by atoms with Crippen LogP contribution in [0.25, 0.3) is 0 Å². The van der Waals surface area contributed by atoms with Gasteiger partial charge in [0, 0.05) is 4.32 Å². The Morgan fingerprint density at radius 2 is 1.80 bits per heavy atom. The van der Waals surface area contributed by atoms with Gasteiger partial charge in [0.25, 0.3) is 0 Å². The second kappa shape index (κ2) is 2.75. The Morgan fingerprint density at radius 3 is 2.10 bits per heavy atom. The summed E-state index contributed by atoms with van der Waals surface area (Å²) in [6, 6.07) is 11.0. The van der Waals surface area contributed by atoms with E-state index in [-0.39, 0.29) is 4.32 Å². The van der Waals surface area contributed by atoms with Crippen molar-refractivity contribution in [3.63, 3.8) is 0 Å². The first-order valence-corrected chi connectivity index (χ1v) is 4.05. The van der Waals surface area contributed by atoms with Gasteiger partial charge in [0.05, 0.1) is 0 Å². The van der Waals surface area contributed by atoms with Gasteiger partial charge in [-0.05, 0) is 25.5 Å². The van der Waals surface area contributed by atoms with Crippen molar-refractivity contribution in [2.24, 2.45) is 0 Å². The highest BCUT2D eigenvalue weighted by Crippen LogP contribution is 2.28. The molecule has 1 rings (SSSR count). The molecule has 0 N–H and O–H groups in total. The van der Waals surface area contributed by atoms with E-state index in [2.05, 4.69) is 48.0 Å². The number of alkyl halides is 1. The lowest BCUT2D eigenvalue weighted by Crippen LogP contribution is -2.05. The van der Waals surface area contributed by atoms with E-state index >= 15 is 0 Å². The summed E-state index contributed by atoms with van der Waals surface area (Å²) in [6.07, 6.45) is 0. The van der Waals surface area contributed by atoms with Gasteiger partial charge >= 0.3 is 0 Å². The molecule has 1 heteroatoms. The van der Waals surface area contributed by atoms with Gasteiger partial charge in [-0.1, -0.05) is 40.2 Å². The summed E-state index contributed by atoms with van der Waals surface area (Å²) in [5.41, 5.74) is 1.28. The predicted molar refractivity (Wildman–Crippen MR) is 47.2 cm³/mol. The lowest BCUT2D eigenvalue weighted by Gasteiger charge is -2.15. The van der Waals surface area contributed by atoms with E-state index in [4.69, 9.17) is 0 Å². The Kier molecular flexibility index (Phi) is 2.14. The molecule has 1 aromatic rings. The molecule has 0 aliphatic heterocycles. The number of hydrogen-bond donors (Lipinski definition) is 0. The Morgan fingerprint density at radius 1 is 1.30 bits per heavy atom. The Balaban J connectivity index is 2.97. The Bertz CT molecular complexity index is 196. The molecule has 0 unspecified atom stereocenters. The van der Waals surface area contributed by atoms with Crippen LogP contribution in [0.5, 0.6) is 0 Å². The first kappa shape index (κ1) is 7.80. The van der Waals surface area contributed by atoms with E-state index in [0.29, 0.717) is 0 Å². The zero-order valence-corrected chi connectivity index (χ0v) is 7.77. The van der Waals surface area contributed by atoms with Gasteiger partial charge in [-0.25, -0.2) is 0 Å². The average molecular weight is 198 g/mol. The molecule has 0 atom stereocenters. The van der Waals surface area contributed by atoms with Gasteiger partial charge in [0.15, 0.2) is 0 Å². The molecular weight excluding hydrogens is 188 g/mol. The number of rotatable bonds is 1. The smallest absolute Gasteiger partial charge is 0.0449 e. The summed E-state index contributed by atoms with van der Waals surface area (Å²) in [5.74, 6) is 0. The van der Waals surface area contributed by atoms with Crippen molar-refractivity contribution in [2.45, 2.75) is 18.2 Å². The van der Waals surface area contributed by atoms with Gasteiger partial charge in [-0.15, -0.1) is 0 Å². The van der Waals surface area contributed by atoms with Gasteiger partial charge in [0.1, 0.15) is 0 Å². The van der Waals surface area contributed by atoms with Crippen molar-refractivity contribution >= 4 is 15.9 Å². The van der Waals surface area contributed by atoms with Crippen molar-refractivity contribution in [1.29, 1.82) is 0 Å². The molecule has 0 aliphatic rings. The fourth-order valence-corrected chi connectivity index (χ4v) is 1.05. The van der Waals surface area contributed by atoms with Crippen LogP contribution in [0.15, 0.2) is 24.3 Å². The van der Waals surface area contributed by atoms with Crippen LogP contribution in [0.4, 0.5) is 0 Å². The van der Waals surface area contributed by atoms with Crippen LogP contribution in [0.3, 0.4) is 0 Å². The fraction of sp³-hybridized carbons (Fsp3) is 0.333. The minimum absolute atomic E-state index is 0.0854. The molecule has 1 radical (unpaired) electrons. The lowest BCUT2D eigenvalue weighted by molar-refractivity contribution is 0.803. The van der Waals surface area contributed by atoms with Gasteiger partial charge in [-0.3, -0.25) is 0 Å². The monoisotopic (exact) mass is 197 g/mol. The molecule has 0 saturated carbocycles. The second-order valence-electron chi connectivity index (χ2n) is 2.76. The molecule has 0 aliphatic carbocycles. The molecule has 10 heavy (non-hydrogen) atoms. The predicted octanol–water partition coefficient (Wildman–Crippen LogP) is 3.12. The van der Waals surface area contributed by atoms with Crippen LogP contribution in [0.1, 0.15) is 19.4 Å². The lowest BCUT2D eigenvalue weighted by atomic mass is 10.0. The van der Waals surface area contributed by atoms with Gasteiger partial charge in [-0.2, -0.15) is 0 Å². The molecule has 1 aromatic carbocycles. The quantitative estimate of drug-likeness (QED) is 0.608. The zero-order chi connectivity index (χ0) is 7.61. The van der Waals surface area contributed by atoms with Crippen molar-refractivity contribution in [1.82, 2.24) is 0 Å². The van der Waals surface area contributed by atoms with Crippen LogP contribution < -0.4 is 0 Å². The highest BCUT2D eigenvalue weighted by atomic mass is 79.9. The van der Waals surface area contributed by atoms with E-state index in [1.165, 1.54) is 5.56 Å². The van der Waals surface area contributed by atoms with Crippen molar-refractivity contribution in [3.8, 4) is 0 Å². The van der Waals surface area contributed by atoms with Crippen LogP contribution >= 0.6 is 15.9 Å². The summed E-state index contributed by atoms with van der Waals surface area (Å²) in [7, 11) is 0. The van der Waals surface area contributed by atoms with E-state index in [0.717, 1.165) is 0 Å². The van der Waals surface area contributed by atoms with Crippen LogP contribution in [-0.2, 0) is 4.32 Å². The third kappa shape index (κ3) is 1.84. The molecule has 0 nitrogen and oxygen atoms in total. The van der Waals surface area contributed by atoms with Gasteiger partial charge in [0.2, 0.25) is 0 Å². The minimum Gasteiger partial charge on any atom is -0.0807 e. The van der Waals surface area contributed by atoms with E-state index in [1.54, 1.807) is 0 Å². The SMILES string of the molecule is CC(C)(Br)c1cc[c]cc1. The molecule has 0 heterocycles.